The zero-order valence-corrected chi connectivity index (χ0v) is 13.2. The van der Waals surface area contributed by atoms with E-state index in [0.717, 1.165) is 35.1 Å². The number of aromatic nitrogens is 3. The number of thiophene rings is 1. The molecule has 0 spiro atoms. The summed E-state index contributed by atoms with van der Waals surface area (Å²) in [5, 5.41) is 11.4. The molecule has 4 rings (SSSR count). The lowest BCUT2D eigenvalue weighted by Gasteiger charge is -2.09. The molecule has 0 radical (unpaired) electrons. The minimum Gasteiger partial charge on any atom is -0.462 e. The van der Waals surface area contributed by atoms with Crippen molar-refractivity contribution in [2.75, 3.05) is 0 Å². The van der Waals surface area contributed by atoms with Gasteiger partial charge in [0.25, 0.3) is 0 Å². The molecule has 1 saturated heterocycles. The third-order valence-electron chi connectivity index (χ3n) is 3.69. The van der Waals surface area contributed by atoms with Crippen molar-refractivity contribution in [3.05, 3.63) is 17.5 Å². The molecule has 2 aromatic rings. The van der Waals surface area contributed by atoms with Crippen molar-refractivity contribution in [2.45, 2.75) is 48.7 Å². The zero-order valence-electron chi connectivity index (χ0n) is 11.6. The molecule has 0 unspecified atom stereocenters. The van der Waals surface area contributed by atoms with Crippen LogP contribution in [0.3, 0.4) is 0 Å². The highest BCUT2D eigenvalue weighted by molar-refractivity contribution is 8.00. The lowest BCUT2D eigenvalue weighted by Crippen LogP contribution is -2.11. The molecule has 110 valence electrons. The number of cyclic esters (lactones) is 1. The SMILES string of the molecule is C[C@@H]1C[C@H](Sc2nnc(-c3cccs3)n2C2CC2)C(=O)O1. The molecule has 0 bridgehead atoms. The van der Waals surface area contributed by atoms with Gasteiger partial charge in [-0.1, -0.05) is 17.8 Å². The van der Waals surface area contributed by atoms with E-state index in [9.17, 15) is 4.79 Å². The summed E-state index contributed by atoms with van der Waals surface area (Å²) in [5.41, 5.74) is 0. The first-order valence-electron chi connectivity index (χ1n) is 7.08. The third-order valence-corrected chi connectivity index (χ3v) is 5.72. The normalized spacial score (nSPS) is 25.3. The minimum absolute atomic E-state index is 0.00376. The Hall–Kier alpha value is -1.34. The van der Waals surface area contributed by atoms with Gasteiger partial charge in [0.2, 0.25) is 0 Å². The monoisotopic (exact) mass is 321 g/mol. The van der Waals surface area contributed by atoms with E-state index in [2.05, 4.69) is 20.8 Å². The summed E-state index contributed by atoms with van der Waals surface area (Å²) in [6, 6.07) is 4.57. The Morgan fingerprint density at radius 3 is 2.90 bits per heavy atom. The van der Waals surface area contributed by atoms with Gasteiger partial charge in [-0.2, -0.15) is 0 Å². The predicted molar refractivity (Wildman–Crippen MR) is 81.4 cm³/mol. The summed E-state index contributed by atoms with van der Waals surface area (Å²) in [6.07, 6.45) is 3.07. The standard InChI is InChI=1S/C14H15N3O2S2/c1-8-7-11(13(18)19-8)21-14-16-15-12(10-3-2-6-20-10)17(14)9-4-5-9/h2-3,6,8-9,11H,4-5,7H2,1H3/t8-,11+/m1/s1. The van der Waals surface area contributed by atoms with E-state index in [1.807, 2.05) is 18.4 Å². The van der Waals surface area contributed by atoms with Gasteiger partial charge < -0.3 is 4.74 Å². The summed E-state index contributed by atoms with van der Waals surface area (Å²) in [6.45, 7) is 1.93. The second-order valence-corrected chi connectivity index (χ2v) is 7.59. The molecule has 3 heterocycles. The van der Waals surface area contributed by atoms with Crippen LogP contribution < -0.4 is 0 Å². The van der Waals surface area contributed by atoms with Gasteiger partial charge in [0.15, 0.2) is 11.0 Å². The Morgan fingerprint density at radius 1 is 1.43 bits per heavy atom. The average molecular weight is 321 g/mol. The van der Waals surface area contributed by atoms with Gasteiger partial charge in [0.05, 0.1) is 4.88 Å². The molecule has 0 aromatic carbocycles. The Labute approximate surface area is 130 Å². The van der Waals surface area contributed by atoms with Crippen molar-refractivity contribution in [1.82, 2.24) is 14.8 Å². The number of esters is 1. The van der Waals surface area contributed by atoms with Crippen LogP contribution in [-0.4, -0.2) is 32.1 Å². The summed E-state index contributed by atoms with van der Waals surface area (Å²) in [7, 11) is 0. The fraction of sp³-hybridized carbons (Fsp3) is 0.500. The van der Waals surface area contributed by atoms with E-state index in [4.69, 9.17) is 4.74 Å². The number of hydrogen-bond acceptors (Lipinski definition) is 6. The average Bonchev–Trinajstić information content (AvgIpc) is 2.87. The van der Waals surface area contributed by atoms with Gasteiger partial charge in [0, 0.05) is 12.5 Å². The first-order valence-corrected chi connectivity index (χ1v) is 8.84. The molecular weight excluding hydrogens is 306 g/mol. The van der Waals surface area contributed by atoms with Crippen LogP contribution in [0, 0.1) is 0 Å². The largest absolute Gasteiger partial charge is 0.462 e. The van der Waals surface area contributed by atoms with Crippen LogP contribution in [0.1, 0.15) is 32.2 Å². The molecule has 1 saturated carbocycles. The summed E-state index contributed by atoms with van der Waals surface area (Å²) >= 11 is 3.16. The van der Waals surface area contributed by atoms with Crippen molar-refractivity contribution >= 4 is 29.1 Å². The number of ether oxygens (including phenoxy) is 1. The third kappa shape index (κ3) is 2.48. The van der Waals surface area contributed by atoms with Crippen LogP contribution in [0.15, 0.2) is 22.7 Å². The van der Waals surface area contributed by atoms with Crippen LogP contribution in [0.25, 0.3) is 10.7 Å². The van der Waals surface area contributed by atoms with E-state index < -0.39 is 0 Å². The molecule has 5 nitrogen and oxygen atoms in total. The number of nitrogens with zero attached hydrogens (tertiary/aromatic N) is 3. The van der Waals surface area contributed by atoms with Gasteiger partial charge >= 0.3 is 5.97 Å². The van der Waals surface area contributed by atoms with E-state index in [1.165, 1.54) is 11.8 Å². The van der Waals surface area contributed by atoms with Crippen LogP contribution in [0.4, 0.5) is 0 Å². The maximum absolute atomic E-state index is 11.8. The molecule has 1 aliphatic carbocycles. The lowest BCUT2D eigenvalue weighted by atomic mass is 10.3. The number of thioether (sulfide) groups is 1. The molecule has 7 heteroatoms. The lowest BCUT2D eigenvalue weighted by molar-refractivity contribution is -0.140. The zero-order chi connectivity index (χ0) is 14.4. The van der Waals surface area contributed by atoms with Gasteiger partial charge in [-0.15, -0.1) is 21.5 Å². The fourth-order valence-corrected chi connectivity index (χ4v) is 4.45. The van der Waals surface area contributed by atoms with E-state index in [1.54, 1.807) is 11.3 Å². The highest BCUT2D eigenvalue weighted by atomic mass is 32.2. The van der Waals surface area contributed by atoms with Gasteiger partial charge in [-0.25, -0.2) is 0 Å². The van der Waals surface area contributed by atoms with Crippen LogP contribution in [0.2, 0.25) is 0 Å². The maximum atomic E-state index is 11.8. The minimum atomic E-state index is -0.155. The highest BCUT2D eigenvalue weighted by Crippen LogP contribution is 2.43. The van der Waals surface area contributed by atoms with E-state index in [-0.39, 0.29) is 17.3 Å². The summed E-state index contributed by atoms with van der Waals surface area (Å²) in [5.74, 6) is 0.796. The van der Waals surface area contributed by atoms with Crippen LogP contribution in [-0.2, 0) is 9.53 Å². The first-order chi connectivity index (χ1) is 10.2. The Bertz CT molecular complexity index is 664. The van der Waals surface area contributed by atoms with E-state index >= 15 is 0 Å². The summed E-state index contributed by atoms with van der Waals surface area (Å²) in [4.78, 5) is 13.0. The molecule has 2 atom stereocenters. The van der Waals surface area contributed by atoms with Crippen molar-refractivity contribution in [3.8, 4) is 10.7 Å². The van der Waals surface area contributed by atoms with Gasteiger partial charge in [-0.3, -0.25) is 9.36 Å². The number of carbonyl (C=O) groups is 1. The second kappa shape index (κ2) is 5.14. The van der Waals surface area contributed by atoms with Crippen molar-refractivity contribution < 1.29 is 9.53 Å². The molecule has 2 aromatic heterocycles. The quantitative estimate of drug-likeness (QED) is 0.810. The molecule has 0 amide bonds. The molecular formula is C14H15N3O2S2. The number of hydrogen-bond donors (Lipinski definition) is 0. The highest BCUT2D eigenvalue weighted by Gasteiger charge is 2.36. The number of carbonyl (C=O) groups excluding carboxylic acids is 1. The Kier molecular flexibility index (Phi) is 3.26. The molecule has 1 aliphatic heterocycles. The van der Waals surface area contributed by atoms with Crippen molar-refractivity contribution in [2.24, 2.45) is 0 Å². The van der Waals surface area contributed by atoms with Crippen molar-refractivity contribution in [3.63, 3.8) is 0 Å². The predicted octanol–water partition coefficient (Wildman–Crippen LogP) is 3.14. The van der Waals surface area contributed by atoms with Gasteiger partial charge in [-0.05, 0) is 31.2 Å². The van der Waals surface area contributed by atoms with Crippen LogP contribution >= 0.6 is 23.1 Å². The number of rotatable bonds is 4. The second-order valence-electron chi connectivity index (χ2n) is 5.47. The van der Waals surface area contributed by atoms with Gasteiger partial charge in [0.1, 0.15) is 11.4 Å². The van der Waals surface area contributed by atoms with Crippen LogP contribution in [0.5, 0.6) is 0 Å². The Morgan fingerprint density at radius 2 is 2.29 bits per heavy atom. The first kappa shape index (κ1) is 13.3. The molecule has 2 aliphatic rings. The molecule has 2 fully saturated rings. The van der Waals surface area contributed by atoms with E-state index in [0.29, 0.717) is 6.04 Å². The Balaban J connectivity index is 1.65. The fourth-order valence-electron chi connectivity index (χ4n) is 2.54. The topological polar surface area (TPSA) is 57.0 Å². The molecule has 0 N–H and O–H groups in total. The molecule has 21 heavy (non-hydrogen) atoms. The van der Waals surface area contributed by atoms with Crippen molar-refractivity contribution in [1.29, 1.82) is 0 Å². The smallest absolute Gasteiger partial charge is 0.319 e. The summed E-state index contributed by atoms with van der Waals surface area (Å²) < 4.78 is 7.43. The maximum Gasteiger partial charge on any atom is 0.319 e.